The smallest absolute Gasteiger partial charge is 0.118 e. The Labute approximate surface area is 79.7 Å². The fourth-order valence-corrected chi connectivity index (χ4v) is 1.18. The Bertz CT molecular complexity index is 264. The number of hydrogen-bond donors (Lipinski definition) is 1. The fraction of sp³-hybridized carbons (Fsp3) is 0.455. The van der Waals surface area contributed by atoms with Crippen LogP contribution in [0, 0.1) is 0 Å². The van der Waals surface area contributed by atoms with Crippen molar-refractivity contribution >= 4 is 0 Å². The summed E-state index contributed by atoms with van der Waals surface area (Å²) < 4.78 is 5.07. The SMILES string of the molecule is CCC(C)(N)c1ccc(OC)cc1. The topological polar surface area (TPSA) is 35.2 Å². The van der Waals surface area contributed by atoms with Gasteiger partial charge in [0.2, 0.25) is 0 Å². The molecule has 0 spiro atoms. The number of rotatable bonds is 3. The Morgan fingerprint density at radius 1 is 1.31 bits per heavy atom. The molecule has 2 nitrogen and oxygen atoms in total. The van der Waals surface area contributed by atoms with Crippen LogP contribution in [0.2, 0.25) is 0 Å². The Morgan fingerprint density at radius 2 is 1.85 bits per heavy atom. The first-order valence-corrected chi connectivity index (χ1v) is 4.53. The van der Waals surface area contributed by atoms with E-state index in [1.807, 2.05) is 31.2 Å². The fourth-order valence-electron chi connectivity index (χ4n) is 1.18. The summed E-state index contributed by atoms with van der Waals surface area (Å²) in [7, 11) is 1.66. The van der Waals surface area contributed by atoms with Crippen LogP contribution in [-0.2, 0) is 5.54 Å². The van der Waals surface area contributed by atoms with Crippen LogP contribution in [-0.4, -0.2) is 7.11 Å². The molecule has 2 N–H and O–H groups in total. The molecule has 1 aromatic rings. The Kier molecular flexibility index (Phi) is 2.94. The van der Waals surface area contributed by atoms with Crippen molar-refractivity contribution in [2.45, 2.75) is 25.8 Å². The summed E-state index contributed by atoms with van der Waals surface area (Å²) in [6.45, 7) is 4.12. The molecule has 0 amide bonds. The van der Waals surface area contributed by atoms with Gasteiger partial charge in [-0.3, -0.25) is 0 Å². The zero-order valence-corrected chi connectivity index (χ0v) is 8.50. The summed E-state index contributed by atoms with van der Waals surface area (Å²) >= 11 is 0. The third kappa shape index (κ3) is 2.22. The van der Waals surface area contributed by atoms with E-state index < -0.39 is 0 Å². The maximum atomic E-state index is 6.09. The van der Waals surface area contributed by atoms with E-state index >= 15 is 0 Å². The first kappa shape index (κ1) is 10.1. The second kappa shape index (κ2) is 3.79. The molecule has 0 saturated heterocycles. The van der Waals surface area contributed by atoms with E-state index in [2.05, 4.69) is 6.92 Å². The Morgan fingerprint density at radius 3 is 2.23 bits per heavy atom. The lowest BCUT2D eigenvalue weighted by atomic mass is 9.91. The highest BCUT2D eigenvalue weighted by atomic mass is 16.5. The summed E-state index contributed by atoms with van der Waals surface area (Å²) in [5.74, 6) is 0.871. The molecule has 0 aliphatic heterocycles. The van der Waals surface area contributed by atoms with E-state index in [0.717, 1.165) is 17.7 Å². The van der Waals surface area contributed by atoms with Crippen LogP contribution >= 0.6 is 0 Å². The largest absolute Gasteiger partial charge is 0.497 e. The third-order valence-electron chi connectivity index (χ3n) is 2.48. The van der Waals surface area contributed by atoms with Crippen LogP contribution in [0.1, 0.15) is 25.8 Å². The lowest BCUT2D eigenvalue weighted by Crippen LogP contribution is -2.31. The molecule has 13 heavy (non-hydrogen) atoms. The minimum atomic E-state index is -0.230. The summed E-state index contributed by atoms with van der Waals surface area (Å²) in [5, 5.41) is 0. The number of hydrogen-bond acceptors (Lipinski definition) is 2. The van der Waals surface area contributed by atoms with E-state index in [-0.39, 0.29) is 5.54 Å². The van der Waals surface area contributed by atoms with Crippen molar-refractivity contribution < 1.29 is 4.74 Å². The first-order chi connectivity index (χ1) is 6.10. The quantitative estimate of drug-likeness (QED) is 0.772. The molecule has 1 atom stereocenters. The van der Waals surface area contributed by atoms with Crippen molar-refractivity contribution in [3.05, 3.63) is 29.8 Å². The minimum Gasteiger partial charge on any atom is -0.497 e. The molecule has 0 radical (unpaired) electrons. The van der Waals surface area contributed by atoms with Gasteiger partial charge in [-0.05, 0) is 31.0 Å². The zero-order chi connectivity index (χ0) is 9.90. The van der Waals surface area contributed by atoms with Crippen LogP contribution in [0.25, 0.3) is 0 Å². The zero-order valence-electron chi connectivity index (χ0n) is 8.50. The molecule has 0 fully saturated rings. The normalized spacial score (nSPS) is 15.1. The number of ether oxygens (including phenoxy) is 1. The van der Waals surface area contributed by atoms with Crippen molar-refractivity contribution in [2.75, 3.05) is 7.11 Å². The molecule has 1 unspecified atom stereocenters. The van der Waals surface area contributed by atoms with Crippen molar-refractivity contribution in [3.63, 3.8) is 0 Å². The number of nitrogens with two attached hydrogens (primary N) is 1. The van der Waals surface area contributed by atoms with Gasteiger partial charge in [0.05, 0.1) is 7.11 Å². The van der Waals surface area contributed by atoms with Gasteiger partial charge in [-0.15, -0.1) is 0 Å². The van der Waals surface area contributed by atoms with Crippen molar-refractivity contribution in [2.24, 2.45) is 5.73 Å². The summed E-state index contributed by atoms with van der Waals surface area (Å²) in [4.78, 5) is 0. The molecule has 0 aromatic heterocycles. The molecule has 0 bridgehead atoms. The predicted octanol–water partition coefficient (Wildman–Crippen LogP) is 2.28. The van der Waals surface area contributed by atoms with Crippen LogP contribution in [0.15, 0.2) is 24.3 Å². The van der Waals surface area contributed by atoms with Gasteiger partial charge in [0, 0.05) is 5.54 Å². The van der Waals surface area contributed by atoms with Gasteiger partial charge >= 0.3 is 0 Å². The van der Waals surface area contributed by atoms with Gasteiger partial charge in [0.25, 0.3) is 0 Å². The molecule has 0 aliphatic carbocycles. The van der Waals surface area contributed by atoms with Gasteiger partial charge in [-0.2, -0.15) is 0 Å². The molecule has 2 heteroatoms. The standard InChI is InChI=1S/C11H17NO/c1-4-11(2,12)9-5-7-10(13-3)8-6-9/h5-8H,4,12H2,1-3H3. The number of methoxy groups -OCH3 is 1. The second-order valence-electron chi connectivity index (χ2n) is 3.50. The maximum absolute atomic E-state index is 6.09. The highest BCUT2D eigenvalue weighted by molar-refractivity contribution is 5.31. The van der Waals surface area contributed by atoms with E-state index in [9.17, 15) is 0 Å². The molecule has 1 aromatic carbocycles. The van der Waals surface area contributed by atoms with E-state index in [0.29, 0.717) is 0 Å². The molecule has 0 saturated carbocycles. The molecule has 0 heterocycles. The first-order valence-electron chi connectivity index (χ1n) is 4.53. The molecule has 0 aliphatic rings. The average Bonchev–Trinajstić information content (AvgIpc) is 2.18. The maximum Gasteiger partial charge on any atom is 0.118 e. The van der Waals surface area contributed by atoms with Crippen molar-refractivity contribution in [1.82, 2.24) is 0 Å². The van der Waals surface area contributed by atoms with Crippen LogP contribution in [0.4, 0.5) is 0 Å². The van der Waals surface area contributed by atoms with Crippen molar-refractivity contribution in [3.8, 4) is 5.75 Å². The molecular weight excluding hydrogens is 162 g/mol. The molecular formula is C11H17NO. The van der Waals surface area contributed by atoms with E-state index in [1.54, 1.807) is 7.11 Å². The van der Waals surface area contributed by atoms with Crippen LogP contribution in [0.3, 0.4) is 0 Å². The lowest BCUT2D eigenvalue weighted by molar-refractivity contribution is 0.413. The summed E-state index contributed by atoms with van der Waals surface area (Å²) in [6.07, 6.45) is 0.930. The van der Waals surface area contributed by atoms with Gasteiger partial charge in [0.1, 0.15) is 5.75 Å². The highest BCUT2D eigenvalue weighted by Gasteiger charge is 2.17. The van der Waals surface area contributed by atoms with Crippen molar-refractivity contribution in [1.29, 1.82) is 0 Å². The van der Waals surface area contributed by atoms with Gasteiger partial charge in [-0.1, -0.05) is 19.1 Å². The highest BCUT2D eigenvalue weighted by Crippen LogP contribution is 2.23. The van der Waals surface area contributed by atoms with E-state index in [4.69, 9.17) is 10.5 Å². The Hall–Kier alpha value is -1.02. The predicted molar refractivity (Wildman–Crippen MR) is 54.8 cm³/mol. The van der Waals surface area contributed by atoms with Gasteiger partial charge in [-0.25, -0.2) is 0 Å². The average molecular weight is 179 g/mol. The molecule has 1 rings (SSSR count). The molecule has 72 valence electrons. The summed E-state index contributed by atoms with van der Waals surface area (Å²) in [5.41, 5.74) is 7.01. The van der Waals surface area contributed by atoms with Crippen LogP contribution in [0.5, 0.6) is 5.75 Å². The Balaban J connectivity index is 2.92. The monoisotopic (exact) mass is 179 g/mol. The lowest BCUT2D eigenvalue weighted by Gasteiger charge is -2.23. The summed E-state index contributed by atoms with van der Waals surface area (Å²) in [6, 6.07) is 7.91. The van der Waals surface area contributed by atoms with Crippen LogP contribution < -0.4 is 10.5 Å². The van der Waals surface area contributed by atoms with E-state index in [1.165, 1.54) is 0 Å². The second-order valence-corrected chi connectivity index (χ2v) is 3.50. The third-order valence-corrected chi connectivity index (χ3v) is 2.48. The number of benzene rings is 1. The van der Waals surface area contributed by atoms with Gasteiger partial charge in [0.15, 0.2) is 0 Å². The minimum absolute atomic E-state index is 0.230. The van der Waals surface area contributed by atoms with Gasteiger partial charge < -0.3 is 10.5 Å².